The van der Waals surface area contributed by atoms with Crippen molar-refractivity contribution in [1.82, 2.24) is 9.55 Å². The maximum Gasteiger partial charge on any atom is 0.262 e. The van der Waals surface area contributed by atoms with Crippen LogP contribution in [0, 0.1) is 4.77 Å². The summed E-state index contributed by atoms with van der Waals surface area (Å²) in [7, 11) is 0. The molecule has 0 bridgehead atoms. The molecule has 8 heteroatoms. The van der Waals surface area contributed by atoms with E-state index in [9.17, 15) is 9.90 Å². The van der Waals surface area contributed by atoms with Crippen LogP contribution in [0.2, 0.25) is 0 Å². The van der Waals surface area contributed by atoms with Gasteiger partial charge in [-0.25, -0.2) is 0 Å². The number of hydrogen-bond acceptors (Lipinski definition) is 5. The third-order valence-corrected chi connectivity index (χ3v) is 5.52. The first-order valence-electron chi connectivity index (χ1n) is 9.28. The highest BCUT2D eigenvalue weighted by atomic mass is 79.9. The number of nitrogens with one attached hydrogen (secondary N) is 1. The summed E-state index contributed by atoms with van der Waals surface area (Å²) in [6.45, 7) is 4.33. The van der Waals surface area contributed by atoms with Gasteiger partial charge >= 0.3 is 0 Å². The lowest BCUT2D eigenvalue weighted by Crippen LogP contribution is -2.16. The van der Waals surface area contributed by atoms with Gasteiger partial charge in [0, 0.05) is 21.3 Å². The Bertz CT molecular complexity index is 1320. The van der Waals surface area contributed by atoms with E-state index in [1.54, 1.807) is 30.3 Å². The Labute approximate surface area is 186 Å². The minimum atomic E-state index is -0.469. The highest BCUT2D eigenvalue weighted by Gasteiger charge is 2.20. The summed E-state index contributed by atoms with van der Waals surface area (Å²) in [5.74, 6) is 0.468. The van der Waals surface area contributed by atoms with E-state index < -0.39 is 5.56 Å². The first-order valence-corrected chi connectivity index (χ1v) is 10.5. The fourth-order valence-corrected chi connectivity index (χ4v) is 4.00. The molecule has 30 heavy (non-hydrogen) atoms. The number of aromatic amines is 1. The molecule has 6 nitrogen and oxygen atoms in total. The fraction of sp³-hybridized carbons (Fsp3) is 0.136. The molecule has 152 valence electrons. The van der Waals surface area contributed by atoms with Crippen LogP contribution in [-0.4, -0.2) is 27.0 Å². The van der Waals surface area contributed by atoms with Gasteiger partial charge in [0.1, 0.15) is 11.3 Å². The van der Waals surface area contributed by atoms with E-state index in [1.165, 1.54) is 4.57 Å². The van der Waals surface area contributed by atoms with Crippen molar-refractivity contribution in [2.75, 3.05) is 6.61 Å². The molecule has 0 saturated carbocycles. The fourth-order valence-electron chi connectivity index (χ4n) is 3.35. The monoisotopic (exact) mass is 483 g/mol. The van der Waals surface area contributed by atoms with Crippen LogP contribution in [-0.2, 0) is 0 Å². The molecule has 0 atom stereocenters. The number of aliphatic imine (C=N–C) groups is 1. The number of halogens is 1. The summed E-state index contributed by atoms with van der Waals surface area (Å²) in [5.41, 5.74) is 3.47. The Morgan fingerprint density at radius 3 is 2.70 bits per heavy atom. The van der Waals surface area contributed by atoms with E-state index in [2.05, 4.69) is 25.9 Å². The number of aromatic nitrogens is 2. The number of H-pyrrole nitrogens is 1. The summed E-state index contributed by atoms with van der Waals surface area (Å²) < 4.78 is 7.88. The smallest absolute Gasteiger partial charge is 0.262 e. The second kappa shape index (κ2) is 8.04. The zero-order valence-corrected chi connectivity index (χ0v) is 18.7. The van der Waals surface area contributed by atoms with Crippen molar-refractivity contribution in [3.8, 4) is 17.3 Å². The van der Waals surface area contributed by atoms with Crippen LogP contribution >= 0.6 is 28.1 Å². The number of hydrogen-bond donors (Lipinski definition) is 2. The minimum Gasteiger partial charge on any atom is -0.494 e. The van der Waals surface area contributed by atoms with Crippen molar-refractivity contribution in [1.29, 1.82) is 0 Å². The van der Waals surface area contributed by atoms with E-state index in [0.717, 1.165) is 27.0 Å². The molecule has 0 unspecified atom stereocenters. The van der Waals surface area contributed by atoms with E-state index in [4.69, 9.17) is 17.0 Å². The molecule has 3 aromatic rings. The standard InChI is InChI=1S/C22H18BrN3O3S/c1-3-29-15-7-5-14(6-8-15)26-21(28)18(20(27)25-22(26)30)11-16-12(2)24-19-9-4-13(23)10-17(16)19/h4-11,28H,3H2,1-2H3,(H,25,27,30)/b16-11+. The first kappa shape index (κ1) is 20.3. The quantitative estimate of drug-likeness (QED) is 0.486. The number of benzene rings is 2. The predicted octanol–water partition coefficient (Wildman–Crippen LogP) is 5.41. The lowest BCUT2D eigenvalue weighted by Gasteiger charge is -2.13. The van der Waals surface area contributed by atoms with E-state index in [1.807, 2.05) is 32.0 Å². The van der Waals surface area contributed by atoms with Gasteiger partial charge in [-0.3, -0.25) is 19.3 Å². The number of ether oxygens (including phenoxy) is 1. The summed E-state index contributed by atoms with van der Waals surface area (Å²) in [6, 6.07) is 12.9. The molecular weight excluding hydrogens is 466 g/mol. The third kappa shape index (κ3) is 3.64. The van der Waals surface area contributed by atoms with Gasteiger partial charge in [0.25, 0.3) is 5.56 Å². The average Bonchev–Trinajstić information content (AvgIpc) is 3.01. The number of aromatic hydroxyl groups is 1. The predicted molar refractivity (Wildman–Crippen MR) is 125 cm³/mol. The molecule has 2 aromatic carbocycles. The van der Waals surface area contributed by atoms with Crippen molar-refractivity contribution in [2.24, 2.45) is 4.99 Å². The van der Waals surface area contributed by atoms with Crippen molar-refractivity contribution >= 4 is 51.2 Å². The van der Waals surface area contributed by atoms with Crippen LogP contribution in [0.25, 0.3) is 17.3 Å². The largest absolute Gasteiger partial charge is 0.494 e. The molecule has 1 aliphatic rings. The van der Waals surface area contributed by atoms with Gasteiger partial charge < -0.3 is 9.84 Å². The Balaban J connectivity index is 1.87. The Hall–Kier alpha value is -2.97. The average molecular weight is 484 g/mol. The molecule has 0 saturated heterocycles. The van der Waals surface area contributed by atoms with E-state index in [0.29, 0.717) is 18.0 Å². The van der Waals surface area contributed by atoms with Crippen LogP contribution in [0.15, 0.2) is 56.7 Å². The van der Waals surface area contributed by atoms with Gasteiger partial charge in [0.15, 0.2) is 4.77 Å². The Kier molecular flexibility index (Phi) is 5.44. The molecule has 2 heterocycles. The van der Waals surface area contributed by atoms with Crippen LogP contribution < -0.4 is 10.3 Å². The lowest BCUT2D eigenvalue weighted by molar-refractivity contribution is 0.340. The Morgan fingerprint density at radius 2 is 2.00 bits per heavy atom. The van der Waals surface area contributed by atoms with Crippen LogP contribution in [0.1, 0.15) is 25.0 Å². The summed E-state index contributed by atoms with van der Waals surface area (Å²) in [5, 5.41) is 11.0. The molecule has 0 spiro atoms. The van der Waals surface area contributed by atoms with Crippen LogP contribution in [0.3, 0.4) is 0 Å². The van der Waals surface area contributed by atoms with Crippen LogP contribution in [0.4, 0.5) is 5.69 Å². The number of fused-ring (bicyclic) bond motifs is 1. The third-order valence-electron chi connectivity index (χ3n) is 4.74. The summed E-state index contributed by atoms with van der Waals surface area (Å²) >= 11 is 8.78. The molecule has 1 aliphatic heterocycles. The lowest BCUT2D eigenvalue weighted by atomic mass is 10.0. The number of rotatable bonds is 4. The van der Waals surface area contributed by atoms with Gasteiger partial charge in [0.2, 0.25) is 5.88 Å². The topological polar surface area (TPSA) is 79.6 Å². The second-order valence-corrected chi connectivity index (χ2v) is 7.98. The molecule has 0 radical (unpaired) electrons. The van der Waals surface area contributed by atoms with Crippen molar-refractivity contribution in [3.63, 3.8) is 0 Å². The van der Waals surface area contributed by atoms with Gasteiger partial charge in [0.05, 0.1) is 18.0 Å². The van der Waals surface area contributed by atoms with Crippen LogP contribution in [0.5, 0.6) is 11.6 Å². The molecule has 0 fully saturated rings. The van der Waals surface area contributed by atoms with E-state index in [-0.39, 0.29) is 16.2 Å². The normalized spacial score (nSPS) is 14.0. The molecule has 1 aromatic heterocycles. The molecular formula is C22H18BrN3O3S. The maximum absolute atomic E-state index is 12.6. The van der Waals surface area contributed by atoms with Gasteiger partial charge in [-0.05, 0) is 74.6 Å². The zero-order valence-electron chi connectivity index (χ0n) is 16.3. The van der Waals surface area contributed by atoms with E-state index >= 15 is 0 Å². The molecule has 2 N–H and O–H groups in total. The highest BCUT2D eigenvalue weighted by molar-refractivity contribution is 9.10. The summed E-state index contributed by atoms with van der Waals surface area (Å²) in [4.78, 5) is 19.8. The second-order valence-electron chi connectivity index (χ2n) is 6.68. The van der Waals surface area contributed by atoms with Gasteiger partial charge in [-0.1, -0.05) is 15.9 Å². The maximum atomic E-state index is 12.6. The van der Waals surface area contributed by atoms with Gasteiger partial charge in [-0.2, -0.15) is 0 Å². The van der Waals surface area contributed by atoms with Gasteiger partial charge in [-0.15, -0.1) is 0 Å². The number of nitrogens with zero attached hydrogens (tertiary/aromatic N) is 2. The Morgan fingerprint density at radius 1 is 1.27 bits per heavy atom. The minimum absolute atomic E-state index is 0.101. The highest BCUT2D eigenvalue weighted by Crippen LogP contribution is 2.38. The first-order chi connectivity index (χ1) is 14.4. The molecule has 0 aliphatic carbocycles. The zero-order chi connectivity index (χ0) is 21.4. The molecule has 4 rings (SSSR count). The summed E-state index contributed by atoms with van der Waals surface area (Å²) in [6.07, 6.45) is 1.64. The van der Waals surface area contributed by atoms with Crippen molar-refractivity contribution in [2.45, 2.75) is 13.8 Å². The molecule has 0 amide bonds. The SMILES string of the molecule is CCOc1ccc(-n2c(O)c(/C=C3\C(C)=Nc4ccc(Br)cc43)c(=O)[nH]c2=S)cc1. The van der Waals surface area contributed by atoms with Crippen molar-refractivity contribution in [3.05, 3.63) is 73.2 Å². The van der Waals surface area contributed by atoms with Crippen molar-refractivity contribution < 1.29 is 9.84 Å². The number of allylic oxidation sites excluding steroid dienone is 1.